The van der Waals surface area contributed by atoms with Crippen LogP contribution in [-0.2, 0) is 22.6 Å². The highest BCUT2D eigenvalue weighted by Gasteiger charge is 2.16. The van der Waals surface area contributed by atoms with E-state index in [1.54, 1.807) is 17.0 Å². The van der Waals surface area contributed by atoms with Gasteiger partial charge in [-0.15, -0.1) is 0 Å². The lowest BCUT2D eigenvalue weighted by Gasteiger charge is -2.22. The molecular formula is C24H28N4O4. The first kappa shape index (κ1) is 23.0. The molecule has 0 radical (unpaired) electrons. The number of aromatic nitrogens is 2. The van der Waals surface area contributed by atoms with Crippen LogP contribution in [-0.4, -0.2) is 40.0 Å². The van der Waals surface area contributed by atoms with Gasteiger partial charge in [-0.25, -0.2) is 0 Å². The molecule has 2 aromatic carbocycles. The molecule has 1 aromatic heterocycles. The number of nitrogens with zero attached hydrogens (tertiary/aromatic N) is 3. The summed E-state index contributed by atoms with van der Waals surface area (Å²) in [6, 6.07) is 16.7. The SMILES string of the molecule is CCCCc1nc(-c2ccc(OCC(=O)N(CCC(N)=O)Cc3ccccc3)cc2)no1. The summed E-state index contributed by atoms with van der Waals surface area (Å²) in [5.74, 6) is 1.03. The van der Waals surface area contributed by atoms with Crippen molar-refractivity contribution < 1.29 is 18.8 Å². The Kier molecular flexibility index (Phi) is 8.36. The van der Waals surface area contributed by atoms with Crippen molar-refractivity contribution >= 4 is 11.8 Å². The molecule has 0 spiro atoms. The molecule has 0 unspecified atom stereocenters. The summed E-state index contributed by atoms with van der Waals surface area (Å²) in [4.78, 5) is 29.9. The van der Waals surface area contributed by atoms with Crippen LogP contribution in [0.25, 0.3) is 11.4 Å². The number of amides is 2. The zero-order valence-corrected chi connectivity index (χ0v) is 18.2. The summed E-state index contributed by atoms with van der Waals surface area (Å²) in [6.45, 7) is 2.59. The van der Waals surface area contributed by atoms with Gasteiger partial charge < -0.3 is 19.9 Å². The Balaban J connectivity index is 1.57. The normalized spacial score (nSPS) is 10.7. The zero-order chi connectivity index (χ0) is 22.8. The van der Waals surface area contributed by atoms with E-state index in [1.807, 2.05) is 42.5 Å². The second-order valence-corrected chi connectivity index (χ2v) is 7.45. The molecular weight excluding hydrogens is 408 g/mol. The van der Waals surface area contributed by atoms with Gasteiger partial charge in [-0.3, -0.25) is 9.59 Å². The number of aryl methyl sites for hydroxylation is 1. The number of rotatable bonds is 12. The number of benzene rings is 2. The largest absolute Gasteiger partial charge is 0.484 e. The Morgan fingerprint density at radius 3 is 2.53 bits per heavy atom. The molecule has 0 atom stereocenters. The lowest BCUT2D eigenvalue weighted by Crippen LogP contribution is -2.36. The molecule has 8 heteroatoms. The van der Waals surface area contributed by atoms with E-state index in [-0.39, 0.29) is 25.5 Å². The van der Waals surface area contributed by atoms with Crippen molar-refractivity contribution in [2.75, 3.05) is 13.2 Å². The summed E-state index contributed by atoms with van der Waals surface area (Å²) in [6.07, 6.45) is 2.93. The van der Waals surface area contributed by atoms with Crippen molar-refractivity contribution in [3.8, 4) is 17.1 Å². The first-order chi connectivity index (χ1) is 15.5. The molecule has 32 heavy (non-hydrogen) atoms. The average Bonchev–Trinajstić information content (AvgIpc) is 3.28. The molecule has 0 aliphatic carbocycles. The maximum Gasteiger partial charge on any atom is 0.260 e. The summed E-state index contributed by atoms with van der Waals surface area (Å²) in [7, 11) is 0. The number of nitrogens with two attached hydrogens (primary N) is 1. The van der Waals surface area contributed by atoms with Gasteiger partial charge in [0.25, 0.3) is 5.91 Å². The highest BCUT2D eigenvalue weighted by Crippen LogP contribution is 2.20. The smallest absolute Gasteiger partial charge is 0.260 e. The van der Waals surface area contributed by atoms with Gasteiger partial charge in [0, 0.05) is 31.5 Å². The third-order valence-electron chi connectivity index (χ3n) is 4.88. The van der Waals surface area contributed by atoms with Crippen LogP contribution < -0.4 is 10.5 Å². The standard InChI is InChI=1S/C24H28N4O4/c1-2-3-9-22-26-24(27-32-22)19-10-12-20(13-11-19)31-17-23(30)28(15-14-21(25)29)16-18-7-5-4-6-8-18/h4-8,10-13H,2-3,9,14-17H2,1H3,(H2,25,29). The molecule has 2 amide bonds. The second kappa shape index (κ2) is 11.6. The first-order valence-electron chi connectivity index (χ1n) is 10.7. The van der Waals surface area contributed by atoms with E-state index < -0.39 is 5.91 Å². The first-order valence-corrected chi connectivity index (χ1v) is 10.7. The van der Waals surface area contributed by atoms with Crippen LogP contribution >= 0.6 is 0 Å². The van der Waals surface area contributed by atoms with Crippen LogP contribution in [0.5, 0.6) is 5.75 Å². The van der Waals surface area contributed by atoms with Gasteiger partial charge in [0.15, 0.2) is 6.61 Å². The lowest BCUT2D eigenvalue weighted by molar-refractivity contribution is -0.134. The average molecular weight is 437 g/mol. The van der Waals surface area contributed by atoms with Crippen molar-refractivity contribution in [1.29, 1.82) is 0 Å². The third-order valence-corrected chi connectivity index (χ3v) is 4.88. The van der Waals surface area contributed by atoms with Crippen LogP contribution in [0.3, 0.4) is 0 Å². The summed E-state index contributed by atoms with van der Waals surface area (Å²) in [5.41, 5.74) is 7.04. The molecule has 0 fully saturated rings. The van der Waals surface area contributed by atoms with E-state index in [2.05, 4.69) is 17.1 Å². The highest BCUT2D eigenvalue weighted by molar-refractivity contribution is 5.79. The van der Waals surface area contributed by atoms with Crippen molar-refractivity contribution in [1.82, 2.24) is 15.0 Å². The second-order valence-electron chi connectivity index (χ2n) is 7.45. The molecule has 3 rings (SSSR count). The summed E-state index contributed by atoms with van der Waals surface area (Å²) >= 11 is 0. The van der Waals surface area contributed by atoms with Crippen LogP contribution in [0, 0.1) is 0 Å². The fourth-order valence-electron chi connectivity index (χ4n) is 3.08. The molecule has 2 N–H and O–H groups in total. The van der Waals surface area contributed by atoms with Crippen LogP contribution in [0.1, 0.15) is 37.6 Å². The van der Waals surface area contributed by atoms with E-state index >= 15 is 0 Å². The van der Waals surface area contributed by atoms with E-state index in [0.29, 0.717) is 24.0 Å². The van der Waals surface area contributed by atoms with E-state index in [1.165, 1.54) is 0 Å². The van der Waals surface area contributed by atoms with Gasteiger partial charge in [-0.05, 0) is 36.2 Å². The Bertz CT molecular complexity index is 1000. The fourth-order valence-corrected chi connectivity index (χ4v) is 3.08. The number of unbranched alkanes of at least 4 members (excludes halogenated alkanes) is 1. The number of carbonyl (C=O) groups excluding carboxylic acids is 2. The number of ether oxygens (including phenoxy) is 1. The molecule has 8 nitrogen and oxygen atoms in total. The fraction of sp³-hybridized carbons (Fsp3) is 0.333. The van der Waals surface area contributed by atoms with Gasteiger partial charge in [-0.2, -0.15) is 4.98 Å². The molecule has 0 aliphatic heterocycles. The zero-order valence-electron chi connectivity index (χ0n) is 18.2. The van der Waals surface area contributed by atoms with Gasteiger partial charge in [-0.1, -0.05) is 48.8 Å². The molecule has 0 saturated carbocycles. The topological polar surface area (TPSA) is 112 Å². The maximum absolute atomic E-state index is 12.7. The molecule has 1 heterocycles. The van der Waals surface area contributed by atoms with Crippen molar-refractivity contribution in [3.63, 3.8) is 0 Å². The van der Waals surface area contributed by atoms with Gasteiger partial charge in [0.1, 0.15) is 5.75 Å². The van der Waals surface area contributed by atoms with Crippen molar-refractivity contribution in [2.24, 2.45) is 5.73 Å². The molecule has 0 bridgehead atoms. The number of hydrogen-bond donors (Lipinski definition) is 1. The van der Waals surface area contributed by atoms with Crippen LogP contribution in [0.2, 0.25) is 0 Å². The Morgan fingerprint density at radius 1 is 1.09 bits per heavy atom. The van der Waals surface area contributed by atoms with Gasteiger partial charge in [0.2, 0.25) is 17.6 Å². The Hall–Kier alpha value is -3.68. The number of carbonyl (C=O) groups is 2. The number of hydrogen-bond acceptors (Lipinski definition) is 6. The number of primary amides is 1. The summed E-state index contributed by atoms with van der Waals surface area (Å²) in [5, 5.41) is 4.02. The third kappa shape index (κ3) is 6.94. The van der Waals surface area contributed by atoms with Gasteiger partial charge >= 0.3 is 0 Å². The summed E-state index contributed by atoms with van der Waals surface area (Å²) < 4.78 is 10.9. The minimum absolute atomic E-state index is 0.0955. The Morgan fingerprint density at radius 2 is 1.84 bits per heavy atom. The Labute approximate surface area is 187 Å². The maximum atomic E-state index is 12.7. The van der Waals surface area contributed by atoms with Crippen LogP contribution in [0.15, 0.2) is 59.1 Å². The molecule has 168 valence electrons. The van der Waals surface area contributed by atoms with Crippen LogP contribution in [0.4, 0.5) is 0 Å². The van der Waals surface area contributed by atoms with E-state index in [4.69, 9.17) is 15.0 Å². The lowest BCUT2D eigenvalue weighted by atomic mass is 10.2. The predicted molar refractivity (Wildman–Crippen MR) is 120 cm³/mol. The van der Waals surface area contributed by atoms with Crippen molar-refractivity contribution in [3.05, 3.63) is 66.1 Å². The van der Waals surface area contributed by atoms with E-state index in [0.717, 1.165) is 30.4 Å². The molecule has 3 aromatic rings. The highest BCUT2D eigenvalue weighted by atomic mass is 16.5. The predicted octanol–water partition coefficient (Wildman–Crippen LogP) is 3.36. The minimum atomic E-state index is -0.452. The molecule has 0 saturated heterocycles. The van der Waals surface area contributed by atoms with Crippen molar-refractivity contribution in [2.45, 2.75) is 39.2 Å². The quantitative estimate of drug-likeness (QED) is 0.466. The van der Waals surface area contributed by atoms with E-state index in [9.17, 15) is 9.59 Å². The monoisotopic (exact) mass is 436 g/mol. The minimum Gasteiger partial charge on any atom is -0.484 e. The molecule has 0 aliphatic rings. The van der Waals surface area contributed by atoms with Gasteiger partial charge in [0.05, 0.1) is 0 Å².